The molecule has 0 radical (unpaired) electrons. The molecule has 1 aromatic heterocycles. The van der Waals surface area contributed by atoms with Crippen LogP contribution in [0, 0.1) is 10.8 Å². The summed E-state index contributed by atoms with van der Waals surface area (Å²) >= 11 is 0. The quantitative estimate of drug-likeness (QED) is 0.504. The van der Waals surface area contributed by atoms with E-state index in [4.69, 9.17) is 18.6 Å². The smallest absolute Gasteiger partial charge is 0.342 e. The molecule has 174 valence electrons. The predicted octanol–water partition coefficient (Wildman–Crippen LogP) is 3.09. The van der Waals surface area contributed by atoms with Crippen molar-refractivity contribution in [3.63, 3.8) is 0 Å². The summed E-state index contributed by atoms with van der Waals surface area (Å²) in [6.45, 7) is 9.06. The van der Waals surface area contributed by atoms with Crippen LogP contribution in [0.25, 0.3) is 0 Å². The summed E-state index contributed by atoms with van der Waals surface area (Å²) in [6.07, 6.45) is 2.17. The summed E-state index contributed by atoms with van der Waals surface area (Å²) in [5, 5.41) is 0. The maximum atomic E-state index is 14.0. The standard InChI is InChI=1S/C25H26O8/c1-6-25-8-7-15(27)23(25,3)9-14(32-12(2)26)18-19(25)20(28)21-17-13(10-31-21)22(29)33-16(11-30-5)24(17,18)4/h6,10,14,16H,1,7-9,11H2,2-5H3/t14-,16-,23?,24?,25+/m1/s1. The number of esters is 2. The first-order valence-electron chi connectivity index (χ1n) is 11.0. The fourth-order valence-electron chi connectivity index (χ4n) is 6.77. The number of hydrogen-bond donors (Lipinski definition) is 0. The van der Waals surface area contributed by atoms with Crippen molar-refractivity contribution in [2.24, 2.45) is 10.8 Å². The molecule has 0 amide bonds. The Bertz CT molecular complexity index is 1170. The van der Waals surface area contributed by atoms with E-state index in [1.807, 2.05) is 13.8 Å². The van der Waals surface area contributed by atoms with Crippen molar-refractivity contribution in [2.75, 3.05) is 13.7 Å². The first-order chi connectivity index (χ1) is 15.6. The fourth-order valence-corrected chi connectivity index (χ4v) is 6.77. The van der Waals surface area contributed by atoms with Crippen molar-refractivity contribution < 1.29 is 37.8 Å². The van der Waals surface area contributed by atoms with Crippen molar-refractivity contribution in [3.8, 4) is 0 Å². The molecule has 3 aliphatic carbocycles. The molecule has 2 heterocycles. The van der Waals surface area contributed by atoms with Crippen molar-refractivity contribution in [1.82, 2.24) is 0 Å². The number of hydrogen-bond acceptors (Lipinski definition) is 8. The van der Waals surface area contributed by atoms with Crippen LogP contribution in [-0.4, -0.2) is 49.4 Å². The second-order valence-electron chi connectivity index (χ2n) is 9.76. The van der Waals surface area contributed by atoms with Crippen molar-refractivity contribution in [1.29, 1.82) is 0 Å². The topological polar surface area (TPSA) is 109 Å². The van der Waals surface area contributed by atoms with E-state index >= 15 is 0 Å². The molecular weight excluding hydrogens is 428 g/mol. The number of carbonyl (C=O) groups is 4. The number of ketones is 2. The van der Waals surface area contributed by atoms with E-state index in [1.165, 1.54) is 20.3 Å². The molecule has 1 saturated carbocycles. The third kappa shape index (κ3) is 2.39. The highest BCUT2D eigenvalue weighted by Crippen LogP contribution is 2.67. The third-order valence-electron chi connectivity index (χ3n) is 8.37. The summed E-state index contributed by atoms with van der Waals surface area (Å²) < 4.78 is 22.6. The van der Waals surface area contributed by atoms with E-state index in [0.717, 1.165) is 0 Å². The molecule has 0 saturated heterocycles. The summed E-state index contributed by atoms with van der Waals surface area (Å²) in [5.41, 5.74) is -1.50. The molecule has 2 unspecified atom stereocenters. The zero-order valence-corrected chi connectivity index (χ0v) is 19.1. The summed E-state index contributed by atoms with van der Waals surface area (Å²) in [4.78, 5) is 52.1. The van der Waals surface area contributed by atoms with Gasteiger partial charge in [0.05, 0.1) is 12.0 Å². The van der Waals surface area contributed by atoms with E-state index < -0.39 is 46.2 Å². The molecule has 1 aliphatic heterocycles. The lowest BCUT2D eigenvalue weighted by Crippen LogP contribution is -2.59. The van der Waals surface area contributed by atoms with Crippen LogP contribution in [0.5, 0.6) is 0 Å². The summed E-state index contributed by atoms with van der Waals surface area (Å²) in [7, 11) is 1.49. The highest BCUT2D eigenvalue weighted by atomic mass is 16.6. The van der Waals surface area contributed by atoms with Gasteiger partial charge in [-0.1, -0.05) is 13.0 Å². The number of cyclic esters (lactones) is 1. The lowest BCUT2D eigenvalue weighted by atomic mass is 9.48. The molecule has 0 aromatic carbocycles. The van der Waals surface area contributed by atoms with Crippen molar-refractivity contribution in [3.05, 3.63) is 47.0 Å². The van der Waals surface area contributed by atoms with Gasteiger partial charge >= 0.3 is 11.9 Å². The first kappa shape index (κ1) is 21.8. The highest BCUT2D eigenvalue weighted by molar-refractivity contribution is 6.15. The maximum absolute atomic E-state index is 14.0. The van der Waals surface area contributed by atoms with Gasteiger partial charge < -0.3 is 18.6 Å². The Labute approximate surface area is 190 Å². The average molecular weight is 454 g/mol. The monoisotopic (exact) mass is 454 g/mol. The van der Waals surface area contributed by atoms with Gasteiger partial charge in [0.2, 0.25) is 5.78 Å². The molecule has 1 aromatic rings. The van der Waals surface area contributed by atoms with Gasteiger partial charge in [0, 0.05) is 48.8 Å². The lowest BCUT2D eigenvalue weighted by Gasteiger charge is -2.55. The molecular formula is C25H26O8. The SMILES string of the molecule is C=C[C@@]12CCC(=O)C1(C)C[C@@H](OC(C)=O)C1=C2C(=O)c2occ3c2C1(C)[C@@H](COC)OC3=O. The molecule has 8 nitrogen and oxygen atoms in total. The lowest BCUT2D eigenvalue weighted by molar-refractivity contribution is -0.150. The van der Waals surface area contributed by atoms with Gasteiger partial charge in [0.15, 0.2) is 5.76 Å². The Morgan fingerprint density at radius 2 is 2.03 bits per heavy atom. The summed E-state index contributed by atoms with van der Waals surface area (Å²) in [5.74, 6) is -1.49. The van der Waals surface area contributed by atoms with E-state index in [2.05, 4.69) is 6.58 Å². The minimum atomic E-state index is -1.06. The van der Waals surface area contributed by atoms with Crippen LogP contribution in [0.1, 0.15) is 66.5 Å². The maximum Gasteiger partial charge on any atom is 0.342 e. The fraction of sp³-hybridized carbons (Fsp3) is 0.520. The number of fused-ring (bicyclic) bond motifs is 3. The number of allylic oxidation sites excluding steroid dienone is 2. The van der Waals surface area contributed by atoms with Crippen LogP contribution in [0.4, 0.5) is 0 Å². The number of ether oxygens (including phenoxy) is 3. The van der Waals surface area contributed by atoms with Gasteiger partial charge in [-0.15, -0.1) is 6.58 Å². The van der Waals surface area contributed by atoms with E-state index in [-0.39, 0.29) is 36.6 Å². The van der Waals surface area contributed by atoms with E-state index in [9.17, 15) is 19.2 Å². The van der Waals surface area contributed by atoms with Crippen LogP contribution in [0.2, 0.25) is 0 Å². The highest BCUT2D eigenvalue weighted by Gasteiger charge is 2.69. The van der Waals surface area contributed by atoms with E-state index in [0.29, 0.717) is 23.1 Å². The van der Waals surface area contributed by atoms with Crippen LogP contribution in [0.3, 0.4) is 0 Å². The third-order valence-corrected chi connectivity index (χ3v) is 8.37. The van der Waals surface area contributed by atoms with Crippen LogP contribution in [-0.2, 0) is 29.2 Å². The minimum Gasteiger partial charge on any atom is -0.460 e. The largest absolute Gasteiger partial charge is 0.460 e. The Morgan fingerprint density at radius 1 is 1.30 bits per heavy atom. The zero-order valence-electron chi connectivity index (χ0n) is 19.1. The number of furan rings is 1. The molecule has 0 spiro atoms. The molecule has 4 aliphatic rings. The second kappa shape index (κ2) is 6.76. The number of Topliss-reactive ketones (excluding diaryl/α,β-unsaturated/α-hetero) is 2. The van der Waals surface area contributed by atoms with Gasteiger partial charge in [-0.05, 0) is 18.9 Å². The van der Waals surface area contributed by atoms with Gasteiger partial charge in [-0.25, -0.2) is 4.79 Å². The number of methoxy groups -OCH3 is 1. The molecule has 5 atom stereocenters. The van der Waals surface area contributed by atoms with Gasteiger partial charge in [-0.3, -0.25) is 14.4 Å². The zero-order chi connectivity index (χ0) is 23.9. The first-order valence-corrected chi connectivity index (χ1v) is 11.0. The van der Waals surface area contributed by atoms with Gasteiger partial charge in [-0.2, -0.15) is 0 Å². The normalized spacial score (nSPS) is 36.7. The molecule has 5 rings (SSSR count). The van der Waals surface area contributed by atoms with Crippen LogP contribution >= 0.6 is 0 Å². The van der Waals surface area contributed by atoms with Crippen molar-refractivity contribution in [2.45, 2.75) is 57.7 Å². The molecule has 0 bridgehead atoms. The van der Waals surface area contributed by atoms with Crippen LogP contribution < -0.4 is 0 Å². The number of carbonyl (C=O) groups excluding carboxylic acids is 4. The second-order valence-corrected chi connectivity index (χ2v) is 9.76. The Kier molecular flexibility index (Phi) is 4.47. The van der Waals surface area contributed by atoms with Gasteiger partial charge in [0.25, 0.3) is 0 Å². The average Bonchev–Trinajstić information content (AvgIpc) is 3.31. The number of rotatable bonds is 4. The Hall–Kier alpha value is -3.00. The minimum absolute atomic E-state index is 0.00139. The van der Waals surface area contributed by atoms with Crippen LogP contribution in [0.15, 0.2) is 34.5 Å². The molecule has 0 N–H and O–H groups in total. The predicted molar refractivity (Wildman–Crippen MR) is 114 cm³/mol. The molecule has 1 fully saturated rings. The summed E-state index contributed by atoms with van der Waals surface area (Å²) in [6, 6.07) is 0. The molecule has 8 heteroatoms. The van der Waals surface area contributed by atoms with Crippen molar-refractivity contribution >= 4 is 23.5 Å². The van der Waals surface area contributed by atoms with E-state index in [1.54, 1.807) is 6.08 Å². The van der Waals surface area contributed by atoms with Gasteiger partial charge in [0.1, 0.15) is 29.8 Å². The molecule has 33 heavy (non-hydrogen) atoms. The Morgan fingerprint density at radius 3 is 2.67 bits per heavy atom. The Balaban J connectivity index is 1.89.